The van der Waals surface area contributed by atoms with Crippen molar-refractivity contribution in [1.82, 2.24) is 4.98 Å². The van der Waals surface area contributed by atoms with Gasteiger partial charge in [0.15, 0.2) is 0 Å². The molecule has 1 aromatic heterocycles. The van der Waals surface area contributed by atoms with Gasteiger partial charge < -0.3 is 4.98 Å². The lowest BCUT2D eigenvalue weighted by Gasteiger charge is -2.27. The number of hydrogen-bond acceptors (Lipinski definition) is 0. The predicted molar refractivity (Wildman–Crippen MR) is 77.1 cm³/mol. The lowest BCUT2D eigenvalue weighted by Crippen LogP contribution is -2.10. The fourth-order valence-electron chi connectivity index (χ4n) is 3.27. The van der Waals surface area contributed by atoms with Gasteiger partial charge in [0.05, 0.1) is 5.52 Å². The van der Waals surface area contributed by atoms with Crippen LogP contribution < -0.4 is 0 Å². The first-order valence-corrected chi connectivity index (χ1v) is 6.84. The molecule has 0 aliphatic heterocycles. The van der Waals surface area contributed by atoms with Crippen molar-refractivity contribution in [3.05, 3.63) is 47.5 Å². The van der Waals surface area contributed by atoms with Gasteiger partial charge in [0.25, 0.3) is 0 Å². The van der Waals surface area contributed by atoms with Gasteiger partial charge >= 0.3 is 0 Å². The largest absolute Gasteiger partial charge is 0.354 e. The van der Waals surface area contributed by atoms with Crippen LogP contribution in [0.15, 0.2) is 36.4 Å². The molecule has 2 aromatic carbocycles. The van der Waals surface area contributed by atoms with Crippen LogP contribution in [0.4, 0.5) is 0 Å². The molecule has 0 radical (unpaired) electrons. The number of nitrogens with one attached hydrogen (secondary N) is 1. The van der Waals surface area contributed by atoms with Crippen LogP contribution in [0.1, 0.15) is 36.3 Å². The van der Waals surface area contributed by atoms with E-state index in [0.717, 1.165) is 5.92 Å². The number of fused-ring (bicyclic) bond motifs is 3. The molecule has 1 aliphatic rings. The summed E-state index contributed by atoms with van der Waals surface area (Å²) < 4.78 is 0. The first kappa shape index (κ1) is 10.2. The van der Waals surface area contributed by atoms with Crippen LogP contribution in [0.25, 0.3) is 21.8 Å². The molecule has 0 saturated heterocycles. The molecule has 4 rings (SSSR count). The van der Waals surface area contributed by atoms with E-state index < -0.39 is 0 Å². The fourth-order valence-corrected chi connectivity index (χ4v) is 3.27. The minimum Gasteiger partial charge on any atom is -0.354 e. The molecule has 90 valence electrons. The third kappa shape index (κ3) is 1.28. The average molecular weight is 235 g/mol. The Morgan fingerprint density at radius 1 is 1.00 bits per heavy atom. The highest BCUT2D eigenvalue weighted by atomic mass is 14.7. The van der Waals surface area contributed by atoms with E-state index >= 15 is 0 Å². The third-order valence-electron chi connectivity index (χ3n) is 4.45. The maximum Gasteiger partial charge on any atom is 0.0502 e. The molecule has 1 heterocycles. The summed E-state index contributed by atoms with van der Waals surface area (Å²) >= 11 is 0. The van der Waals surface area contributed by atoms with Gasteiger partial charge in [0, 0.05) is 16.3 Å². The van der Waals surface area contributed by atoms with Crippen LogP contribution in [-0.2, 0) is 0 Å². The number of benzene rings is 2. The normalized spacial score (nSPS) is 16.3. The summed E-state index contributed by atoms with van der Waals surface area (Å²) in [6, 6.07) is 13.2. The van der Waals surface area contributed by atoms with E-state index in [-0.39, 0.29) is 0 Å². The molecule has 0 bridgehead atoms. The summed E-state index contributed by atoms with van der Waals surface area (Å²) in [6.07, 6.45) is 4.10. The summed E-state index contributed by atoms with van der Waals surface area (Å²) in [4.78, 5) is 3.64. The van der Waals surface area contributed by atoms with Crippen LogP contribution in [0, 0.1) is 6.92 Å². The number of aryl methyl sites for hydroxylation is 1. The van der Waals surface area contributed by atoms with Crippen LogP contribution >= 0.6 is 0 Å². The second-order valence-electron chi connectivity index (χ2n) is 5.52. The molecule has 1 nitrogen and oxygen atoms in total. The highest BCUT2D eigenvalue weighted by Crippen LogP contribution is 2.42. The molecule has 1 fully saturated rings. The molecule has 0 unspecified atom stereocenters. The van der Waals surface area contributed by atoms with Crippen LogP contribution in [-0.4, -0.2) is 4.98 Å². The number of H-pyrrole nitrogens is 1. The van der Waals surface area contributed by atoms with Crippen molar-refractivity contribution in [3.8, 4) is 0 Å². The first-order valence-electron chi connectivity index (χ1n) is 6.84. The zero-order chi connectivity index (χ0) is 12.1. The van der Waals surface area contributed by atoms with Gasteiger partial charge in [-0.1, -0.05) is 36.8 Å². The van der Waals surface area contributed by atoms with Crippen molar-refractivity contribution in [3.63, 3.8) is 0 Å². The van der Waals surface area contributed by atoms with Crippen LogP contribution in [0.2, 0.25) is 0 Å². The molecule has 18 heavy (non-hydrogen) atoms. The first-order chi connectivity index (χ1) is 8.84. The Morgan fingerprint density at radius 2 is 1.83 bits per heavy atom. The van der Waals surface area contributed by atoms with Gasteiger partial charge in [-0.25, -0.2) is 0 Å². The summed E-state index contributed by atoms with van der Waals surface area (Å²) in [5.74, 6) is 0.779. The minimum absolute atomic E-state index is 0.779. The van der Waals surface area contributed by atoms with Gasteiger partial charge in [0.2, 0.25) is 0 Å². The van der Waals surface area contributed by atoms with Gasteiger partial charge in [-0.15, -0.1) is 0 Å². The molecule has 1 heteroatoms. The zero-order valence-electron chi connectivity index (χ0n) is 10.7. The van der Waals surface area contributed by atoms with Gasteiger partial charge in [-0.3, -0.25) is 0 Å². The van der Waals surface area contributed by atoms with E-state index in [2.05, 4.69) is 48.3 Å². The number of hydrogen-bond donors (Lipinski definition) is 1. The van der Waals surface area contributed by atoms with E-state index in [1.165, 1.54) is 46.6 Å². The molecular weight excluding hydrogens is 218 g/mol. The summed E-state index contributed by atoms with van der Waals surface area (Å²) in [6.45, 7) is 2.25. The van der Waals surface area contributed by atoms with Gasteiger partial charge in [-0.05, 0) is 42.9 Å². The molecule has 1 aliphatic carbocycles. The average Bonchev–Trinajstić information content (AvgIpc) is 2.69. The standard InChI is InChI=1S/C17H17N/c1-11-9-10-14-13-7-2-3-8-15(13)18-17(14)16(11)12-5-4-6-12/h2-3,7-10,12,18H,4-6H2,1H3. The highest BCUT2D eigenvalue weighted by Gasteiger charge is 2.24. The maximum atomic E-state index is 3.64. The monoisotopic (exact) mass is 235 g/mol. The van der Waals surface area contributed by atoms with Crippen molar-refractivity contribution in [2.75, 3.05) is 0 Å². The van der Waals surface area contributed by atoms with Crippen molar-refractivity contribution in [2.45, 2.75) is 32.1 Å². The number of aromatic amines is 1. The Bertz CT molecular complexity index is 732. The Hall–Kier alpha value is -1.76. The van der Waals surface area contributed by atoms with Crippen LogP contribution in [0.5, 0.6) is 0 Å². The van der Waals surface area contributed by atoms with E-state index in [1.807, 2.05) is 0 Å². The van der Waals surface area contributed by atoms with Crippen molar-refractivity contribution in [2.24, 2.45) is 0 Å². The molecular formula is C17H17N. The second kappa shape index (κ2) is 3.61. The topological polar surface area (TPSA) is 15.8 Å². The Labute approximate surface area is 107 Å². The molecule has 0 amide bonds. The molecule has 0 atom stereocenters. The minimum atomic E-state index is 0.779. The maximum absolute atomic E-state index is 3.64. The summed E-state index contributed by atoms with van der Waals surface area (Å²) in [7, 11) is 0. The molecule has 0 spiro atoms. The third-order valence-corrected chi connectivity index (χ3v) is 4.45. The van der Waals surface area contributed by atoms with Crippen molar-refractivity contribution < 1.29 is 0 Å². The summed E-state index contributed by atoms with van der Waals surface area (Å²) in [5.41, 5.74) is 5.65. The summed E-state index contributed by atoms with van der Waals surface area (Å²) in [5, 5.41) is 2.74. The quantitative estimate of drug-likeness (QED) is 0.617. The number of rotatable bonds is 1. The zero-order valence-corrected chi connectivity index (χ0v) is 10.7. The van der Waals surface area contributed by atoms with Gasteiger partial charge in [0.1, 0.15) is 0 Å². The molecule has 1 N–H and O–H groups in total. The fraction of sp³-hybridized carbons (Fsp3) is 0.294. The number of aromatic nitrogens is 1. The van der Waals surface area contributed by atoms with E-state index in [4.69, 9.17) is 0 Å². The number of para-hydroxylation sites is 1. The van der Waals surface area contributed by atoms with Crippen molar-refractivity contribution in [1.29, 1.82) is 0 Å². The SMILES string of the molecule is Cc1ccc2c([nH]c3ccccc32)c1C1CCC1. The lowest BCUT2D eigenvalue weighted by atomic mass is 9.77. The smallest absolute Gasteiger partial charge is 0.0502 e. The Balaban J connectivity index is 2.11. The van der Waals surface area contributed by atoms with Crippen LogP contribution in [0.3, 0.4) is 0 Å². The van der Waals surface area contributed by atoms with Crippen molar-refractivity contribution >= 4 is 21.8 Å². The Kier molecular flexibility index (Phi) is 2.05. The highest BCUT2D eigenvalue weighted by molar-refractivity contribution is 6.08. The van der Waals surface area contributed by atoms with E-state index in [9.17, 15) is 0 Å². The molecule has 3 aromatic rings. The second-order valence-corrected chi connectivity index (χ2v) is 5.52. The van der Waals surface area contributed by atoms with E-state index in [1.54, 1.807) is 5.56 Å². The van der Waals surface area contributed by atoms with E-state index in [0.29, 0.717) is 0 Å². The van der Waals surface area contributed by atoms with Gasteiger partial charge in [-0.2, -0.15) is 0 Å². The Morgan fingerprint density at radius 3 is 2.61 bits per heavy atom. The predicted octanol–water partition coefficient (Wildman–Crippen LogP) is 4.90. The molecule has 1 saturated carbocycles. The lowest BCUT2D eigenvalue weighted by molar-refractivity contribution is 0.420.